The highest BCUT2D eigenvalue weighted by atomic mass is 16.4. The number of hydrogen-bond donors (Lipinski definition) is 2. The fraction of sp³-hybridized carbons (Fsp3) is 0.923. The molecule has 4 nitrogen and oxygen atoms in total. The molecule has 0 bridgehead atoms. The lowest BCUT2D eigenvalue weighted by Crippen LogP contribution is -2.51. The van der Waals surface area contributed by atoms with Crippen molar-refractivity contribution in [1.82, 2.24) is 4.90 Å². The van der Waals surface area contributed by atoms with Crippen molar-refractivity contribution in [2.75, 3.05) is 13.1 Å². The summed E-state index contributed by atoms with van der Waals surface area (Å²) in [6.07, 6.45) is 5.48. The Bertz CT molecular complexity index is 317. The number of aliphatic carboxylic acids is 1. The molecule has 0 amide bonds. The lowest BCUT2D eigenvalue weighted by Gasteiger charge is -2.40. The van der Waals surface area contributed by atoms with Gasteiger partial charge < -0.3 is 10.8 Å². The van der Waals surface area contributed by atoms with Gasteiger partial charge in [0, 0.05) is 19.1 Å². The highest BCUT2D eigenvalue weighted by molar-refractivity contribution is 5.79. The highest BCUT2D eigenvalue weighted by Crippen LogP contribution is 2.38. The van der Waals surface area contributed by atoms with Gasteiger partial charge in [0.25, 0.3) is 0 Å². The maximum atomic E-state index is 11.1. The van der Waals surface area contributed by atoms with E-state index in [-0.39, 0.29) is 0 Å². The van der Waals surface area contributed by atoms with Gasteiger partial charge in [-0.15, -0.1) is 0 Å². The molecule has 17 heavy (non-hydrogen) atoms. The van der Waals surface area contributed by atoms with Gasteiger partial charge in [0.15, 0.2) is 0 Å². The molecule has 4 heteroatoms. The van der Waals surface area contributed by atoms with Crippen LogP contribution >= 0.6 is 0 Å². The molecule has 3 N–H and O–H groups in total. The average Bonchev–Trinajstić information content (AvgIpc) is 2.61. The largest absolute Gasteiger partial charge is 0.480 e. The number of nitrogens with zero attached hydrogens (tertiary/aromatic N) is 1. The molecule has 0 aromatic rings. The minimum Gasteiger partial charge on any atom is -0.480 e. The molecule has 0 radical (unpaired) electrons. The molecule has 0 aromatic heterocycles. The van der Waals surface area contributed by atoms with E-state index >= 15 is 0 Å². The smallest absolute Gasteiger partial charge is 0.325 e. The molecule has 2 rings (SSSR count). The SMILES string of the molecule is CC1(C)CCCC(N2CCC(N)(C(=O)O)C2)C1. The van der Waals surface area contributed by atoms with Crippen LogP contribution in [0.4, 0.5) is 0 Å². The number of hydrogen-bond acceptors (Lipinski definition) is 3. The molecule has 98 valence electrons. The maximum Gasteiger partial charge on any atom is 0.325 e. The number of carboxylic acid groups (broad SMARTS) is 1. The molecule has 0 aromatic carbocycles. The van der Waals surface area contributed by atoms with Crippen molar-refractivity contribution in [2.45, 2.75) is 57.5 Å². The number of nitrogens with two attached hydrogens (primary N) is 1. The Morgan fingerprint density at radius 3 is 2.65 bits per heavy atom. The van der Waals surface area contributed by atoms with E-state index in [2.05, 4.69) is 18.7 Å². The van der Waals surface area contributed by atoms with Crippen LogP contribution in [0, 0.1) is 5.41 Å². The van der Waals surface area contributed by atoms with E-state index in [0.717, 1.165) is 6.54 Å². The third-order valence-corrected chi connectivity index (χ3v) is 4.45. The molecular weight excluding hydrogens is 216 g/mol. The van der Waals surface area contributed by atoms with Crippen LogP contribution in [-0.2, 0) is 4.79 Å². The van der Waals surface area contributed by atoms with Crippen molar-refractivity contribution >= 4 is 5.97 Å². The second-order valence-electron chi connectivity index (χ2n) is 6.60. The van der Waals surface area contributed by atoms with Crippen LogP contribution < -0.4 is 5.73 Å². The van der Waals surface area contributed by atoms with Gasteiger partial charge in [0.05, 0.1) is 0 Å². The van der Waals surface area contributed by atoms with Gasteiger partial charge in [0.1, 0.15) is 5.54 Å². The van der Waals surface area contributed by atoms with E-state index in [0.29, 0.717) is 24.4 Å². The van der Waals surface area contributed by atoms with Gasteiger partial charge in [-0.25, -0.2) is 0 Å². The topological polar surface area (TPSA) is 66.6 Å². The van der Waals surface area contributed by atoms with Crippen molar-refractivity contribution in [3.8, 4) is 0 Å². The van der Waals surface area contributed by atoms with Gasteiger partial charge in [-0.1, -0.05) is 20.3 Å². The van der Waals surface area contributed by atoms with Gasteiger partial charge >= 0.3 is 5.97 Å². The van der Waals surface area contributed by atoms with Crippen LogP contribution in [0.1, 0.15) is 46.0 Å². The molecule has 1 saturated carbocycles. The Balaban J connectivity index is 1.99. The van der Waals surface area contributed by atoms with E-state index in [1.807, 2.05) is 0 Å². The number of likely N-dealkylation sites (tertiary alicyclic amines) is 1. The van der Waals surface area contributed by atoms with Crippen LogP contribution in [0.15, 0.2) is 0 Å². The molecule has 2 aliphatic rings. The lowest BCUT2D eigenvalue weighted by molar-refractivity contribution is -0.142. The third kappa shape index (κ3) is 2.63. The van der Waals surface area contributed by atoms with Gasteiger partial charge in [0.2, 0.25) is 0 Å². The van der Waals surface area contributed by atoms with Crippen LogP contribution in [0.2, 0.25) is 0 Å². The summed E-state index contributed by atoms with van der Waals surface area (Å²) in [5.74, 6) is -0.852. The van der Waals surface area contributed by atoms with Crippen molar-refractivity contribution in [3.63, 3.8) is 0 Å². The third-order valence-electron chi connectivity index (χ3n) is 4.45. The van der Waals surface area contributed by atoms with Gasteiger partial charge in [-0.3, -0.25) is 9.69 Å². The van der Waals surface area contributed by atoms with Crippen molar-refractivity contribution in [1.29, 1.82) is 0 Å². The summed E-state index contributed by atoms with van der Waals surface area (Å²) in [5.41, 5.74) is 5.31. The summed E-state index contributed by atoms with van der Waals surface area (Å²) in [6.45, 7) is 5.97. The second-order valence-corrected chi connectivity index (χ2v) is 6.60. The minimum atomic E-state index is -1.01. The number of carboxylic acids is 1. The van der Waals surface area contributed by atoms with E-state index in [4.69, 9.17) is 10.8 Å². The fourth-order valence-corrected chi connectivity index (χ4v) is 3.32. The molecule has 2 unspecified atom stereocenters. The van der Waals surface area contributed by atoms with E-state index in [9.17, 15) is 4.79 Å². The summed E-state index contributed by atoms with van der Waals surface area (Å²) < 4.78 is 0. The Morgan fingerprint density at radius 2 is 2.12 bits per heavy atom. The lowest BCUT2D eigenvalue weighted by atomic mass is 9.75. The van der Waals surface area contributed by atoms with Crippen LogP contribution in [0.25, 0.3) is 0 Å². The summed E-state index contributed by atoms with van der Waals surface area (Å²) in [5, 5.41) is 9.14. The Hall–Kier alpha value is -0.610. The highest BCUT2D eigenvalue weighted by Gasteiger charge is 2.44. The Morgan fingerprint density at radius 1 is 1.41 bits per heavy atom. The number of carbonyl (C=O) groups is 1. The van der Waals surface area contributed by atoms with E-state index in [1.165, 1.54) is 25.7 Å². The average molecular weight is 240 g/mol. The number of rotatable bonds is 2. The van der Waals surface area contributed by atoms with Crippen molar-refractivity contribution < 1.29 is 9.90 Å². The normalized spacial score (nSPS) is 38.2. The molecule has 2 fully saturated rings. The first kappa shape index (κ1) is 12.8. The maximum absolute atomic E-state index is 11.1. The molecule has 0 spiro atoms. The first-order chi connectivity index (χ1) is 7.82. The fourth-order valence-electron chi connectivity index (χ4n) is 3.32. The minimum absolute atomic E-state index is 0.395. The van der Waals surface area contributed by atoms with Gasteiger partial charge in [-0.2, -0.15) is 0 Å². The predicted octanol–water partition coefficient (Wildman–Crippen LogP) is 1.44. The van der Waals surface area contributed by atoms with E-state index < -0.39 is 11.5 Å². The molecule has 1 heterocycles. The Labute approximate surface area is 103 Å². The standard InChI is InChI=1S/C13H24N2O2/c1-12(2)5-3-4-10(8-12)15-7-6-13(14,9-15)11(16)17/h10H,3-9,14H2,1-2H3,(H,16,17). The quantitative estimate of drug-likeness (QED) is 0.766. The summed E-state index contributed by atoms with van der Waals surface area (Å²) in [6, 6.07) is 0.531. The molecule has 1 aliphatic carbocycles. The van der Waals surface area contributed by atoms with Crippen LogP contribution in [-0.4, -0.2) is 40.6 Å². The van der Waals surface area contributed by atoms with Crippen molar-refractivity contribution in [2.24, 2.45) is 11.1 Å². The monoisotopic (exact) mass is 240 g/mol. The summed E-state index contributed by atoms with van der Waals surface area (Å²) in [4.78, 5) is 13.4. The predicted molar refractivity (Wildman–Crippen MR) is 66.8 cm³/mol. The zero-order valence-corrected chi connectivity index (χ0v) is 10.9. The first-order valence-corrected chi connectivity index (χ1v) is 6.59. The molecule has 1 aliphatic heterocycles. The Kier molecular flexibility index (Phi) is 3.21. The molecule has 1 saturated heterocycles. The van der Waals surface area contributed by atoms with Gasteiger partial charge in [-0.05, 0) is 31.1 Å². The van der Waals surface area contributed by atoms with Crippen LogP contribution in [0.3, 0.4) is 0 Å². The van der Waals surface area contributed by atoms with Crippen LogP contribution in [0.5, 0.6) is 0 Å². The zero-order valence-electron chi connectivity index (χ0n) is 10.9. The van der Waals surface area contributed by atoms with E-state index in [1.54, 1.807) is 0 Å². The zero-order chi connectivity index (χ0) is 12.7. The summed E-state index contributed by atoms with van der Waals surface area (Å²) >= 11 is 0. The van der Waals surface area contributed by atoms with Crippen molar-refractivity contribution in [3.05, 3.63) is 0 Å². The summed E-state index contributed by atoms with van der Waals surface area (Å²) in [7, 11) is 0. The second kappa shape index (κ2) is 4.25. The molecule has 2 atom stereocenters. The molecular formula is C13H24N2O2. The first-order valence-electron chi connectivity index (χ1n) is 6.59.